The fourth-order valence-corrected chi connectivity index (χ4v) is 3.27. The molecule has 0 aliphatic carbocycles. The van der Waals surface area contributed by atoms with E-state index in [9.17, 15) is 4.79 Å². The van der Waals surface area contributed by atoms with Crippen LogP contribution < -0.4 is 0 Å². The van der Waals surface area contributed by atoms with Gasteiger partial charge in [0.25, 0.3) is 0 Å². The Kier molecular flexibility index (Phi) is 4.78. The van der Waals surface area contributed by atoms with Gasteiger partial charge in [0.15, 0.2) is 0 Å². The molecular formula is C17H20ClN3O. The van der Waals surface area contributed by atoms with E-state index in [0.717, 1.165) is 48.6 Å². The molecule has 0 radical (unpaired) electrons. The van der Waals surface area contributed by atoms with Gasteiger partial charge < -0.3 is 4.90 Å². The topological polar surface area (TPSA) is 49.0 Å². The number of rotatable bonds is 4. The summed E-state index contributed by atoms with van der Waals surface area (Å²) in [5.41, 5.74) is 2.25. The first-order valence-electron chi connectivity index (χ1n) is 7.74. The molecule has 1 aliphatic heterocycles. The Labute approximate surface area is 135 Å². The molecule has 1 aromatic carbocycles. The van der Waals surface area contributed by atoms with Crippen LogP contribution in [0.15, 0.2) is 36.5 Å². The minimum Gasteiger partial charge on any atom is -0.342 e. The molecule has 0 unspecified atom stereocenters. The fraction of sp³-hybridized carbons (Fsp3) is 0.412. The average molecular weight is 318 g/mol. The number of carbonyl (C=O) groups excluding carboxylic acids is 1. The van der Waals surface area contributed by atoms with Crippen molar-refractivity contribution in [3.63, 3.8) is 0 Å². The highest BCUT2D eigenvalue weighted by Gasteiger charge is 2.25. The number of nitrogens with zero attached hydrogens (tertiary/aromatic N) is 2. The summed E-state index contributed by atoms with van der Waals surface area (Å²) in [6.45, 7) is 1.65. The first-order chi connectivity index (χ1) is 10.7. The SMILES string of the molecule is O=C(CCc1cccc(Cl)c1)N1CCC[C@H](c2ccn[nH]2)C1. The number of H-pyrrole nitrogens is 1. The normalized spacial score (nSPS) is 18.4. The number of likely N-dealkylation sites (tertiary alicyclic amines) is 1. The Balaban J connectivity index is 1.55. The Morgan fingerprint density at radius 3 is 3.09 bits per heavy atom. The van der Waals surface area contributed by atoms with E-state index < -0.39 is 0 Å². The Morgan fingerprint density at radius 2 is 2.32 bits per heavy atom. The van der Waals surface area contributed by atoms with Gasteiger partial charge in [-0.2, -0.15) is 5.10 Å². The quantitative estimate of drug-likeness (QED) is 0.939. The lowest BCUT2D eigenvalue weighted by Gasteiger charge is -2.32. The summed E-state index contributed by atoms with van der Waals surface area (Å²) in [5.74, 6) is 0.607. The van der Waals surface area contributed by atoms with Gasteiger partial charge >= 0.3 is 0 Å². The van der Waals surface area contributed by atoms with Crippen molar-refractivity contribution >= 4 is 17.5 Å². The molecule has 0 bridgehead atoms. The first-order valence-corrected chi connectivity index (χ1v) is 8.11. The molecule has 1 amide bonds. The monoisotopic (exact) mass is 317 g/mol. The third-order valence-electron chi connectivity index (χ3n) is 4.25. The van der Waals surface area contributed by atoms with E-state index in [4.69, 9.17) is 11.6 Å². The number of hydrogen-bond donors (Lipinski definition) is 1. The van der Waals surface area contributed by atoms with E-state index in [1.165, 1.54) is 0 Å². The van der Waals surface area contributed by atoms with Gasteiger partial charge in [0, 0.05) is 42.3 Å². The number of halogens is 1. The third kappa shape index (κ3) is 3.69. The molecule has 1 fully saturated rings. The van der Waals surface area contributed by atoms with Crippen molar-refractivity contribution in [2.45, 2.75) is 31.6 Å². The van der Waals surface area contributed by atoms with E-state index in [1.54, 1.807) is 6.20 Å². The van der Waals surface area contributed by atoms with Crippen molar-refractivity contribution in [2.24, 2.45) is 0 Å². The van der Waals surface area contributed by atoms with Crippen LogP contribution in [0.2, 0.25) is 5.02 Å². The van der Waals surface area contributed by atoms with Gasteiger partial charge in [-0.1, -0.05) is 23.7 Å². The summed E-state index contributed by atoms with van der Waals surface area (Å²) in [6, 6.07) is 9.73. The maximum Gasteiger partial charge on any atom is 0.222 e. The molecular weight excluding hydrogens is 298 g/mol. The first kappa shape index (κ1) is 15.1. The average Bonchev–Trinajstić information content (AvgIpc) is 3.07. The zero-order chi connectivity index (χ0) is 15.4. The summed E-state index contributed by atoms with van der Waals surface area (Å²) in [7, 11) is 0. The summed E-state index contributed by atoms with van der Waals surface area (Å²) < 4.78 is 0. The van der Waals surface area contributed by atoms with Gasteiger partial charge in [-0.15, -0.1) is 0 Å². The van der Waals surface area contributed by atoms with Gasteiger partial charge in [-0.3, -0.25) is 9.89 Å². The number of aromatic amines is 1. The highest BCUT2D eigenvalue weighted by atomic mass is 35.5. The number of carbonyl (C=O) groups is 1. The minimum absolute atomic E-state index is 0.226. The van der Waals surface area contributed by atoms with E-state index in [1.807, 2.05) is 35.2 Å². The lowest BCUT2D eigenvalue weighted by atomic mass is 9.94. The number of benzene rings is 1. The largest absolute Gasteiger partial charge is 0.342 e. The van der Waals surface area contributed by atoms with Crippen molar-refractivity contribution in [3.05, 3.63) is 52.8 Å². The highest BCUT2D eigenvalue weighted by Crippen LogP contribution is 2.25. The maximum atomic E-state index is 12.4. The van der Waals surface area contributed by atoms with Crippen molar-refractivity contribution in [2.75, 3.05) is 13.1 Å². The molecule has 3 rings (SSSR count). The van der Waals surface area contributed by atoms with Gasteiger partial charge in [-0.05, 0) is 43.0 Å². The second kappa shape index (κ2) is 6.97. The third-order valence-corrected chi connectivity index (χ3v) is 4.49. The van der Waals surface area contributed by atoms with E-state index >= 15 is 0 Å². The zero-order valence-corrected chi connectivity index (χ0v) is 13.2. The number of hydrogen-bond acceptors (Lipinski definition) is 2. The molecule has 1 atom stereocenters. The number of piperidine rings is 1. The molecule has 1 aliphatic rings. The fourth-order valence-electron chi connectivity index (χ4n) is 3.05. The number of amides is 1. The Hall–Kier alpha value is -1.81. The lowest BCUT2D eigenvalue weighted by Crippen LogP contribution is -2.39. The van der Waals surface area contributed by atoms with Crippen LogP contribution in [0, 0.1) is 0 Å². The standard InChI is InChI=1S/C17H20ClN3O/c18-15-5-1-3-13(11-15)6-7-17(22)21-10-2-4-14(12-21)16-8-9-19-20-16/h1,3,5,8-9,11,14H,2,4,6-7,10,12H2,(H,19,20)/t14-/m0/s1. The van der Waals surface area contributed by atoms with Crippen LogP contribution in [0.3, 0.4) is 0 Å². The van der Waals surface area contributed by atoms with Crippen LogP contribution in [0.5, 0.6) is 0 Å². The molecule has 116 valence electrons. The smallest absolute Gasteiger partial charge is 0.222 e. The second-order valence-electron chi connectivity index (χ2n) is 5.82. The Bertz CT molecular complexity index is 627. The molecule has 2 heterocycles. The molecule has 5 heteroatoms. The molecule has 1 N–H and O–H groups in total. The van der Waals surface area contributed by atoms with E-state index in [2.05, 4.69) is 10.2 Å². The van der Waals surface area contributed by atoms with Gasteiger partial charge in [-0.25, -0.2) is 0 Å². The van der Waals surface area contributed by atoms with Gasteiger partial charge in [0.2, 0.25) is 5.91 Å². The molecule has 2 aromatic rings. The summed E-state index contributed by atoms with van der Waals surface area (Å²) in [5, 5.41) is 7.76. The number of nitrogens with one attached hydrogen (secondary N) is 1. The summed E-state index contributed by atoms with van der Waals surface area (Å²) in [4.78, 5) is 14.4. The van der Waals surface area contributed by atoms with Crippen LogP contribution in [-0.4, -0.2) is 34.1 Å². The van der Waals surface area contributed by atoms with Crippen molar-refractivity contribution in [3.8, 4) is 0 Å². The van der Waals surface area contributed by atoms with Gasteiger partial charge in [0.1, 0.15) is 0 Å². The summed E-state index contributed by atoms with van der Waals surface area (Å²) >= 11 is 5.98. The Morgan fingerprint density at radius 1 is 1.41 bits per heavy atom. The van der Waals surface area contributed by atoms with Crippen molar-refractivity contribution in [1.29, 1.82) is 0 Å². The maximum absolute atomic E-state index is 12.4. The van der Waals surface area contributed by atoms with Crippen LogP contribution in [0.1, 0.15) is 36.4 Å². The minimum atomic E-state index is 0.226. The summed E-state index contributed by atoms with van der Waals surface area (Å²) in [6.07, 6.45) is 5.21. The highest BCUT2D eigenvalue weighted by molar-refractivity contribution is 6.30. The van der Waals surface area contributed by atoms with E-state index in [-0.39, 0.29) is 5.91 Å². The van der Waals surface area contributed by atoms with Gasteiger partial charge in [0.05, 0.1) is 0 Å². The molecule has 4 nitrogen and oxygen atoms in total. The molecule has 1 saturated heterocycles. The van der Waals surface area contributed by atoms with E-state index in [0.29, 0.717) is 12.3 Å². The van der Waals surface area contributed by atoms with Crippen molar-refractivity contribution < 1.29 is 4.79 Å². The number of aromatic nitrogens is 2. The van der Waals surface area contributed by atoms with Crippen molar-refractivity contribution in [1.82, 2.24) is 15.1 Å². The lowest BCUT2D eigenvalue weighted by molar-refractivity contribution is -0.132. The predicted octanol–water partition coefficient (Wildman–Crippen LogP) is 3.40. The van der Waals surface area contributed by atoms with Crippen LogP contribution >= 0.6 is 11.6 Å². The molecule has 1 aromatic heterocycles. The zero-order valence-electron chi connectivity index (χ0n) is 12.5. The number of aryl methyl sites for hydroxylation is 1. The molecule has 0 spiro atoms. The molecule has 0 saturated carbocycles. The second-order valence-corrected chi connectivity index (χ2v) is 6.26. The van der Waals surface area contributed by atoms with Crippen LogP contribution in [0.4, 0.5) is 0 Å². The van der Waals surface area contributed by atoms with Crippen LogP contribution in [0.25, 0.3) is 0 Å². The van der Waals surface area contributed by atoms with Crippen LogP contribution in [-0.2, 0) is 11.2 Å². The molecule has 22 heavy (non-hydrogen) atoms. The predicted molar refractivity (Wildman–Crippen MR) is 86.9 cm³/mol.